The second-order valence-electron chi connectivity index (χ2n) is 9.90. The highest BCUT2D eigenvalue weighted by molar-refractivity contribution is 5.76. The number of hydrogen-bond donors (Lipinski definition) is 3. The normalized spacial score (nSPS) is 20.7. The summed E-state index contributed by atoms with van der Waals surface area (Å²) in [6.45, 7) is 7.80. The van der Waals surface area contributed by atoms with Gasteiger partial charge in [0, 0.05) is 38.6 Å². The minimum Gasteiger partial charge on any atom is -0.480 e. The van der Waals surface area contributed by atoms with E-state index in [2.05, 4.69) is 51.5 Å². The zero-order chi connectivity index (χ0) is 25.8. The van der Waals surface area contributed by atoms with E-state index in [1.165, 1.54) is 41.6 Å². The van der Waals surface area contributed by atoms with E-state index < -0.39 is 12.0 Å². The lowest BCUT2D eigenvalue weighted by Crippen LogP contribution is -2.38. The predicted molar refractivity (Wildman–Crippen MR) is 144 cm³/mol. The summed E-state index contributed by atoms with van der Waals surface area (Å²) in [5, 5.41) is 16.3. The lowest BCUT2D eigenvalue weighted by molar-refractivity contribution is -0.138. The third-order valence-electron chi connectivity index (χ3n) is 7.16. The van der Waals surface area contributed by atoms with Crippen LogP contribution in [0.4, 0.5) is 5.82 Å². The van der Waals surface area contributed by atoms with Gasteiger partial charge in [0.15, 0.2) is 0 Å². The second-order valence-corrected chi connectivity index (χ2v) is 9.90. The fraction of sp³-hybridized carbons (Fsp3) is 0.607. The van der Waals surface area contributed by atoms with Gasteiger partial charge >= 0.3 is 5.97 Å². The van der Waals surface area contributed by atoms with Gasteiger partial charge < -0.3 is 25.4 Å². The van der Waals surface area contributed by atoms with E-state index in [1.54, 1.807) is 19.4 Å². The third-order valence-corrected chi connectivity index (χ3v) is 7.16. The number of ether oxygens (including phenoxy) is 1. The monoisotopic (exact) mass is 497 g/mol. The highest BCUT2D eigenvalue weighted by Crippen LogP contribution is 2.27. The summed E-state index contributed by atoms with van der Waals surface area (Å²) in [6.07, 6.45) is 16.2. The predicted octanol–water partition coefficient (Wildman–Crippen LogP) is 4.54. The molecule has 0 fully saturated rings. The van der Waals surface area contributed by atoms with E-state index in [0.717, 1.165) is 51.7 Å². The van der Waals surface area contributed by atoms with Gasteiger partial charge in [0.25, 0.3) is 0 Å². The largest absolute Gasteiger partial charge is 0.480 e. The first-order valence-corrected chi connectivity index (χ1v) is 13.3. The number of carboxylic acids is 1. The van der Waals surface area contributed by atoms with Crippen LogP contribution in [0.2, 0.25) is 0 Å². The zero-order valence-electron chi connectivity index (χ0n) is 22.1. The third kappa shape index (κ3) is 9.06. The van der Waals surface area contributed by atoms with Crippen LogP contribution in [0.3, 0.4) is 0 Å². The molecule has 0 spiro atoms. The highest BCUT2D eigenvalue weighted by atomic mass is 16.5. The number of nitrogens with zero attached hydrogens (tertiary/aromatic N) is 3. The van der Waals surface area contributed by atoms with Gasteiger partial charge in [-0.3, -0.25) is 0 Å². The van der Waals surface area contributed by atoms with Gasteiger partial charge in [0.2, 0.25) is 0 Å². The summed E-state index contributed by atoms with van der Waals surface area (Å²) in [5.74, 6) is -0.352. The number of hydrogen-bond acceptors (Lipinski definition) is 7. The minimum absolute atomic E-state index is 0.0909. The fourth-order valence-electron chi connectivity index (χ4n) is 4.84. The van der Waals surface area contributed by atoms with Crippen LogP contribution in [0.1, 0.15) is 65.2 Å². The maximum absolute atomic E-state index is 11.8. The van der Waals surface area contributed by atoms with Crippen LogP contribution in [0, 0.1) is 0 Å². The molecule has 0 amide bonds. The van der Waals surface area contributed by atoms with Crippen LogP contribution < -0.4 is 10.6 Å². The van der Waals surface area contributed by atoms with Crippen molar-refractivity contribution in [1.29, 1.82) is 0 Å². The summed E-state index contributed by atoms with van der Waals surface area (Å²) in [6, 6.07) is 0.977. The Kier molecular flexibility index (Phi) is 11.4. The fourth-order valence-corrected chi connectivity index (χ4v) is 4.84. The summed E-state index contributed by atoms with van der Waals surface area (Å²) < 4.78 is 5.50. The molecule has 2 atom stereocenters. The van der Waals surface area contributed by atoms with E-state index >= 15 is 0 Å². The molecule has 3 rings (SSSR count). The van der Waals surface area contributed by atoms with Crippen molar-refractivity contribution in [1.82, 2.24) is 20.2 Å². The van der Waals surface area contributed by atoms with E-state index in [-0.39, 0.29) is 6.10 Å². The molecule has 1 aromatic heterocycles. The molecule has 0 saturated heterocycles. The van der Waals surface area contributed by atoms with Crippen molar-refractivity contribution in [3.05, 3.63) is 53.2 Å². The maximum Gasteiger partial charge on any atom is 0.326 e. The summed E-state index contributed by atoms with van der Waals surface area (Å²) in [4.78, 5) is 22.1. The van der Waals surface area contributed by atoms with Crippen molar-refractivity contribution in [3.63, 3.8) is 0 Å². The Bertz CT molecular complexity index is 928. The van der Waals surface area contributed by atoms with Crippen LogP contribution in [-0.2, 0) is 9.53 Å². The number of unbranched alkanes of at least 4 members (excludes halogenated alkanes) is 1. The van der Waals surface area contributed by atoms with Gasteiger partial charge in [-0.2, -0.15) is 0 Å². The average molecular weight is 498 g/mol. The number of aliphatic carboxylic acids is 1. The van der Waals surface area contributed by atoms with Crippen LogP contribution in [0.5, 0.6) is 0 Å². The molecule has 8 heteroatoms. The average Bonchev–Trinajstić information content (AvgIpc) is 2.88. The summed E-state index contributed by atoms with van der Waals surface area (Å²) >= 11 is 0. The number of allylic oxidation sites excluding steroid dienone is 6. The number of methoxy groups -OCH3 is 1. The van der Waals surface area contributed by atoms with Crippen molar-refractivity contribution >= 4 is 11.8 Å². The molecule has 36 heavy (non-hydrogen) atoms. The molecule has 198 valence electrons. The van der Waals surface area contributed by atoms with E-state index in [0.29, 0.717) is 18.8 Å². The lowest BCUT2D eigenvalue weighted by Gasteiger charge is -2.27. The quantitative estimate of drug-likeness (QED) is 0.322. The van der Waals surface area contributed by atoms with Gasteiger partial charge in [-0.25, -0.2) is 14.8 Å². The first-order valence-electron chi connectivity index (χ1n) is 13.3. The molecular weight excluding hydrogens is 454 g/mol. The topological polar surface area (TPSA) is 99.6 Å². The van der Waals surface area contributed by atoms with Crippen LogP contribution in [0.25, 0.3) is 0 Å². The molecule has 8 nitrogen and oxygen atoms in total. The SMILES string of the molecule is CO[C@H](C)CN(CCCCC1=C(\C)CCC2=C(/C=C\1)CCCN2)CC[C@H](Nc1ccncn1)C(=O)O. The number of rotatable bonds is 14. The molecular formula is C28H43N5O3. The molecule has 2 aliphatic rings. The molecule has 1 aliphatic heterocycles. The Morgan fingerprint density at radius 3 is 2.86 bits per heavy atom. The van der Waals surface area contributed by atoms with Crippen LogP contribution >= 0.6 is 0 Å². The number of aromatic nitrogens is 2. The van der Waals surface area contributed by atoms with E-state index in [9.17, 15) is 9.90 Å². The molecule has 2 heterocycles. The first kappa shape index (κ1) is 27.9. The number of carbonyl (C=O) groups is 1. The van der Waals surface area contributed by atoms with Crippen LogP contribution in [0.15, 0.2) is 53.2 Å². The van der Waals surface area contributed by atoms with Crippen LogP contribution in [-0.4, -0.2) is 71.4 Å². The smallest absolute Gasteiger partial charge is 0.326 e. The lowest BCUT2D eigenvalue weighted by atomic mass is 9.91. The maximum atomic E-state index is 11.8. The van der Waals surface area contributed by atoms with Crippen molar-refractivity contribution < 1.29 is 14.6 Å². The molecule has 3 N–H and O–H groups in total. The summed E-state index contributed by atoms with van der Waals surface area (Å²) in [5.41, 5.74) is 5.89. The Morgan fingerprint density at radius 1 is 1.25 bits per heavy atom. The van der Waals surface area contributed by atoms with Crippen molar-refractivity contribution in [2.75, 3.05) is 38.6 Å². The van der Waals surface area contributed by atoms with Gasteiger partial charge in [0.1, 0.15) is 18.2 Å². The molecule has 0 unspecified atom stereocenters. The Hall–Kier alpha value is -2.71. The molecule has 1 aliphatic carbocycles. The highest BCUT2D eigenvalue weighted by Gasteiger charge is 2.20. The van der Waals surface area contributed by atoms with Crippen molar-refractivity contribution in [2.45, 2.75) is 77.4 Å². The minimum atomic E-state index is -0.877. The first-order chi connectivity index (χ1) is 17.5. The van der Waals surface area contributed by atoms with Crippen molar-refractivity contribution in [2.24, 2.45) is 0 Å². The number of carboxylic acid groups (broad SMARTS) is 1. The van der Waals surface area contributed by atoms with Gasteiger partial charge in [-0.15, -0.1) is 0 Å². The zero-order valence-corrected chi connectivity index (χ0v) is 22.1. The Balaban J connectivity index is 1.51. The van der Waals surface area contributed by atoms with Gasteiger partial charge in [-0.1, -0.05) is 17.7 Å². The Labute approximate surface area is 215 Å². The Morgan fingerprint density at radius 2 is 2.11 bits per heavy atom. The molecule has 0 radical (unpaired) electrons. The number of nitrogens with one attached hydrogen (secondary N) is 2. The number of anilines is 1. The molecule has 0 aromatic carbocycles. The van der Waals surface area contributed by atoms with Gasteiger partial charge in [-0.05, 0) is 89.0 Å². The van der Waals surface area contributed by atoms with E-state index in [1.807, 2.05) is 0 Å². The van der Waals surface area contributed by atoms with Crippen molar-refractivity contribution in [3.8, 4) is 0 Å². The standard InChI is InChI=1S/C28H43N5O3/c1-21-9-12-25-24(8-6-15-30-25)11-10-23(21)7-4-5-17-33(19-22(2)36-3)18-14-26(28(34)35)32-27-13-16-29-20-31-27/h10-11,13,16,20,22,26,30H,4-9,12,14-15,17-19H2,1-3H3,(H,34,35)(H,29,31,32)/b11-10-,23-21-/t22-,26+/m1/s1. The second kappa shape index (κ2) is 14.8. The molecule has 0 bridgehead atoms. The molecule has 0 saturated carbocycles. The van der Waals surface area contributed by atoms with E-state index in [4.69, 9.17) is 4.74 Å². The summed E-state index contributed by atoms with van der Waals surface area (Å²) in [7, 11) is 1.72. The van der Waals surface area contributed by atoms with Gasteiger partial charge in [0.05, 0.1) is 6.10 Å². The molecule has 1 aromatic rings.